The molecule has 2 aromatic rings. The molecule has 1 heterocycles. The minimum atomic E-state index is 0.529. The van der Waals surface area contributed by atoms with Crippen molar-refractivity contribution in [1.82, 2.24) is 9.97 Å². The third kappa shape index (κ3) is 2.82. The molecule has 0 unspecified atom stereocenters. The Hall–Kier alpha value is -2.14. The summed E-state index contributed by atoms with van der Waals surface area (Å²) in [5, 5.41) is 0. The molecule has 100 valence electrons. The molecule has 1 aromatic heterocycles. The second kappa shape index (κ2) is 5.67. The number of nitrogen functional groups attached to an aromatic ring is 1. The number of rotatable bonds is 4. The van der Waals surface area contributed by atoms with Crippen molar-refractivity contribution < 1.29 is 4.74 Å². The van der Waals surface area contributed by atoms with Crippen LogP contribution in [0.1, 0.15) is 23.9 Å². The van der Waals surface area contributed by atoms with Gasteiger partial charge in [-0.3, -0.25) is 0 Å². The molecule has 0 bridgehead atoms. The average molecular weight is 258 g/mol. The van der Waals surface area contributed by atoms with E-state index in [4.69, 9.17) is 10.6 Å². The number of aryl methyl sites for hydroxylation is 2. The zero-order chi connectivity index (χ0) is 13.8. The van der Waals surface area contributed by atoms with Crippen molar-refractivity contribution >= 4 is 5.82 Å². The first-order valence-corrected chi connectivity index (χ1v) is 6.23. The number of nitrogens with one attached hydrogen (secondary N) is 1. The SMILES string of the molecule is CCc1ccccc1Oc1nc(C)nc(NN)c1C. The lowest BCUT2D eigenvalue weighted by Crippen LogP contribution is -2.12. The highest BCUT2D eigenvalue weighted by atomic mass is 16.5. The van der Waals surface area contributed by atoms with Crippen LogP contribution in [0, 0.1) is 13.8 Å². The van der Waals surface area contributed by atoms with Gasteiger partial charge in [-0.05, 0) is 31.9 Å². The van der Waals surface area contributed by atoms with Gasteiger partial charge in [0, 0.05) is 0 Å². The minimum absolute atomic E-state index is 0.529. The van der Waals surface area contributed by atoms with E-state index in [-0.39, 0.29) is 0 Å². The van der Waals surface area contributed by atoms with Crippen molar-refractivity contribution in [2.45, 2.75) is 27.2 Å². The fourth-order valence-electron chi connectivity index (χ4n) is 1.84. The quantitative estimate of drug-likeness (QED) is 0.651. The van der Waals surface area contributed by atoms with Crippen molar-refractivity contribution in [3.8, 4) is 11.6 Å². The van der Waals surface area contributed by atoms with Crippen LogP contribution in [0.4, 0.5) is 5.82 Å². The Morgan fingerprint density at radius 2 is 1.95 bits per heavy atom. The molecule has 0 saturated carbocycles. The van der Waals surface area contributed by atoms with Gasteiger partial charge in [-0.25, -0.2) is 10.8 Å². The lowest BCUT2D eigenvalue weighted by molar-refractivity contribution is 0.451. The molecular formula is C14H18N4O. The number of ether oxygens (including phenoxy) is 1. The van der Waals surface area contributed by atoms with Gasteiger partial charge in [0.2, 0.25) is 5.88 Å². The number of nitrogens with two attached hydrogens (primary N) is 1. The van der Waals surface area contributed by atoms with Crippen LogP contribution < -0.4 is 16.0 Å². The third-order valence-electron chi connectivity index (χ3n) is 2.91. The maximum atomic E-state index is 5.91. The van der Waals surface area contributed by atoms with Gasteiger partial charge in [0.05, 0.1) is 5.56 Å². The minimum Gasteiger partial charge on any atom is -0.438 e. The number of benzene rings is 1. The van der Waals surface area contributed by atoms with E-state index < -0.39 is 0 Å². The molecule has 0 aliphatic carbocycles. The fourth-order valence-corrected chi connectivity index (χ4v) is 1.84. The van der Waals surface area contributed by atoms with Gasteiger partial charge in [-0.15, -0.1) is 0 Å². The highest BCUT2D eigenvalue weighted by molar-refractivity contribution is 5.49. The molecule has 0 amide bonds. The molecule has 3 N–H and O–H groups in total. The summed E-state index contributed by atoms with van der Waals surface area (Å²) in [4.78, 5) is 8.53. The predicted molar refractivity (Wildman–Crippen MR) is 75.2 cm³/mol. The zero-order valence-electron chi connectivity index (χ0n) is 11.4. The Labute approximate surface area is 112 Å². The van der Waals surface area contributed by atoms with Gasteiger partial charge in [-0.2, -0.15) is 4.98 Å². The van der Waals surface area contributed by atoms with Crippen LogP contribution in [0.5, 0.6) is 11.6 Å². The Balaban J connectivity index is 2.40. The summed E-state index contributed by atoms with van der Waals surface area (Å²) in [5.41, 5.74) is 4.49. The fraction of sp³-hybridized carbons (Fsp3) is 0.286. The van der Waals surface area contributed by atoms with E-state index in [0.717, 1.165) is 23.3 Å². The summed E-state index contributed by atoms with van der Waals surface area (Å²) in [6, 6.07) is 7.92. The normalized spacial score (nSPS) is 10.3. The molecule has 5 nitrogen and oxygen atoms in total. The first kappa shape index (κ1) is 13.3. The molecule has 5 heteroatoms. The van der Waals surface area contributed by atoms with Gasteiger partial charge in [0.15, 0.2) is 0 Å². The van der Waals surface area contributed by atoms with Crippen molar-refractivity contribution in [2.24, 2.45) is 5.84 Å². The van der Waals surface area contributed by atoms with Crippen molar-refractivity contribution in [3.05, 3.63) is 41.2 Å². The number of hydrogen-bond donors (Lipinski definition) is 2. The van der Waals surface area contributed by atoms with E-state index >= 15 is 0 Å². The third-order valence-corrected chi connectivity index (χ3v) is 2.91. The molecule has 0 aliphatic rings. The van der Waals surface area contributed by atoms with Crippen LogP contribution in [0.2, 0.25) is 0 Å². The van der Waals surface area contributed by atoms with E-state index in [0.29, 0.717) is 17.5 Å². The molecule has 2 rings (SSSR count). The Morgan fingerprint density at radius 3 is 2.63 bits per heavy atom. The van der Waals surface area contributed by atoms with Crippen LogP contribution in [0.3, 0.4) is 0 Å². The molecule has 0 fully saturated rings. The topological polar surface area (TPSA) is 73.1 Å². The Morgan fingerprint density at radius 1 is 1.21 bits per heavy atom. The maximum absolute atomic E-state index is 5.91. The second-order valence-corrected chi connectivity index (χ2v) is 4.26. The summed E-state index contributed by atoms with van der Waals surface area (Å²) >= 11 is 0. The average Bonchev–Trinajstić information content (AvgIpc) is 2.43. The number of para-hydroxylation sites is 1. The summed E-state index contributed by atoms with van der Waals surface area (Å²) in [6.07, 6.45) is 0.904. The summed E-state index contributed by atoms with van der Waals surface area (Å²) in [5.74, 6) is 7.98. The standard InChI is InChI=1S/C14H18N4O/c1-4-11-7-5-6-8-12(11)19-14-9(2)13(18-15)16-10(3)17-14/h5-8H,4,15H2,1-3H3,(H,16,17,18). The van der Waals surface area contributed by atoms with Gasteiger partial charge < -0.3 is 10.2 Å². The molecule has 0 spiro atoms. The highest BCUT2D eigenvalue weighted by Gasteiger charge is 2.11. The zero-order valence-corrected chi connectivity index (χ0v) is 11.4. The van der Waals surface area contributed by atoms with Crippen LogP contribution in [-0.2, 0) is 6.42 Å². The summed E-state index contributed by atoms with van der Waals surface area (Å²) in [6.45, 7) is 5.77. The number of anilines is 1. The monoisotopic (exact) mass is 258 g/mol. The largest absolute Gasteiger partial charge is 0.438 e. The molecule has 0 saturated heterocycles. The van der Waals surface area contributed by atoms with Gasteiger partial charge in [0.25, 0.3) is 0 Å². The van der Waals surface area contributed by atoms with Crippen LogP contribution in [-0.4, -0.2) is 9.97 Å². The van der Waals surface area contributed by atoms with Crippen LogP contribution >= 0.6 is 0 Å². The predicted octanol–water partition coefficient (Wildman–Crippen LogP) is 2.73. The molecule has 19 heavy (non-hydrogen) atoms. The number of hydrogen-bond acceptors (Lipinski definition) is 5. The van der Waals surface area contributed by atoms with Crippen molar-refractivity contribution in [3.63, 3.8) is 0 Å². The molecular weight excluding hydrogens is 240 g/mol. The van der Waals surface area contributed by atoms with E-state index in [1.165, 1.54) is 0 Å². The molecule has 0 atom stereocenters. The number of aromatic nitrogens is 2. The van der Waals surface area contributed by atoms with E-state index in [1.54, 1.807) is 6.92 Å². The highest BCUT2D eigenvalue weighted by Crippen LogP contribution is 2.29. The van der Waals surface area contributed by atoms with Crippen molar-refractivity contribution in [2.75, 3.05) is 5.43 Å². The Kier molecular flexibility index (Phi) is 3.97. The summed E-state index contributed by atoms with van der Waals surface area (Å²) in [7, 11) is 0. The number of nitrogens with zero attached hydrogens (tertiary/aromatic N) is 2. The molecule has 1 aromatic carbocycles. The maximum Gasteiger partial charge on any atom is 0.227 e. The first-order valence-electron chi connectivity index (χ1n) is 6.23. The van der Waals surface area contributed by atoms with E-state index in [9.17, 15) is 0 Å². The number of hydrazine groups is 1. The molecule has 0 radical (unpaired) electrons. The molecule has 0 aliphatic heterocycles. The van der Waals surface area contributed by atoms with Gasteiger partial charge >= 0.3 is 0 Å². The van der Waals surface area contributed by atoms with Gasteiger partial charge in [0.1, 0.15) is 17.4 Å². The van der Waals surface area contributed by atoms with E-state index in [1.807, 2.05) is 31.2 Å². The Bertz CT molecular complexity index is 584. The van der Waals surface area contributed by atoms with Crippen LogP contribution in [0.15, 0.2) is 24.3 Å². The lowest BCUT2D eigenvalue weighted by atomic mass is 10.1. The van der Waals surface area contributed by atoms with Crippen molar-refractivity contribution in [1.29, 1.82) is 0 Å². The lowest BCUT2D eigenvalue weighted by Gasteiger charge is -2.13. The smallest absolute Gasteiger partial charge is 0.227 e. The first-order chi connectivity index (χ1) is 9.15. The van der Waals surface area contributed by atoms with Crippen LogP contribution in [0.25, 0.3) is 0 Å². The van der Waals surface area contributed by atoms with Gasteiger partial charge in [-0.1, -0.05) is 25.1 Å². The summed E-state index contributed by atoms with van der Waals surface area (Å²) < 4.78 is 5.91. The van der Waals surface area contributed by atoms with E-state index in [2.05, 4.69) is 22.3 Å². The second-order valence-electron chi connectivity index (χ2n) is 4.26.